The first-order valence-electron chi connectivity index (χ1n) is 2.24. The van der Waals surface area contributed by atoms with Crippen molar-refractivity contribution in [3.8, 4) is 11.8 Å². The molecule has 1 nitrogen and oxygen atoms in total. The predicted octanol–water partition coefficient (Wildman–Crippen LogP) is 0.723. The topological polar surface area (TPSA) is 20.2 Å². The molecule has 0 aromatic heterocycles. The van der Waals surface area contributed by atoms with Gasteiger partial charge in [0.25, 0.3) is 0 Å². The van der Waals surface area contributed by atoms with Crippen LogP contribution >= 0.6 is 0 Å². The van der Waals surface area contributed by atoms with Gasteiger partial charge in [-0.25, -0.2) is 0 Å². The van der Waals surface area contributed by atoms with Gasteiger partial charge in [0, 0.05) is 0 Å². The van der Waals surface area contributed by atoms with Crippen molar-refractivity contribution in [2.75, 3.05) is 0 Å². The van der Waals surface area contributed by atoms with Gasteiger partial charge in [0.2, 0.25) is 0 Å². The summed E-state index contributed by atoms with van der Waals surface area (Å²) in [4.78, 5) is 0. The molecule has 0 aliphatic carbocycles. The second kappa shape index (κ2) is 4.17. The average Bonchev–Trinajstić information content (AvgIpc) is 1.83. The van der Waals surface area contributed by atoms with Crippen LogP contribution < -0.4 is 0 Å². The lowest BCUT2D eigenvalue weighted by atomic mass is 10.3. The van der Waals surface area contributed by atoms with Crippen LogP contribution in [0.4, 0.5) is 0 Å². The van der Waals surface area contributed by atoms with E-state index in [1.165, 1.54) is 12.2 Å². The highest BCUT2D eigenvalue weighted by Gasteiger charge is 1.83. The Morgan fingerprint density at radius 2 is 2.12 bits per heavy atom. The molecule has 8 heavy (non-hydrogen) atoms. The van der Waals surface area contributed by atoms with Gasteiger partial charge in [-0.1, -0.05) is 31.1 Å². The first-order valence-corrected chi connectivity index (χ1v) is 2.24. The summed E-state index contributed by atoms with van der Waals surface area (Å²) in [6.45, 7) is 6.67. The zero-order chi connectivity index (χ0) is 6.41. The molecule has 42 valence electrons. The molecule has 0 spiro atoms. The Morgan fingerprint density at radius 3 is 2.50 bits per heavy atom. The molecule has 0 fully saturated rings. The van der Waals surface area contributed by atoms with Crippen LogP contribution in [-0.2, 0) is 0 Å². The van der Waals surface area contributed by atoms with Crippen LogP contribution in [0.25, 0.3) is 0 Å². The van der Waals surface area contributed by atoms with E-state index in [4.69, 9.17) is 5.11 Å². The van der Waals surface area contributed by atoms with Crippen LogP contribution in [0.15, 0.2) is 25.3 Å². The van der Waals surface area contributed by atoms with Crippen molar-refractivity contribution < 1.29 is 5.11 Å². The minimum Gasteiger partial charge on any atom is -0.377 e. The van der Waals surface area contributed by atoms with Gasteiger partial charge in [0.1, 0.15) is 6.10 Å². The minimum atomic E-state index is -0.715. The van der Waals surface area contributed by atoms with Crippen LogP contribution in [0.5, 0.6) is 0 Å². The second-order valence-corrected chi connectivity index (χ2v) is 1.17. The number of aliphatic hydroxyl groups is 1. The van der Waals surface area contributed by atoms with Crippen molar-refractivity contribution in [2.45, 2.75) is 6.10 Å². The van der Waals surface area contributed by atoms with Gasteiger partial charge in [-0.05, 0) is 6.08 Å². The number of hydrogen-bond acceptors (Lipinski definition) is 1. The summed E-state index contributed by atoms with van der Waals surface area (Å²) in [6, 6.07) is 0. The third-order valence-electron chi connectivity index (χ3n) is 0.557. The molecule has 0 aromatic rings. The zero-order valence-electron chi connectivity index (χ0n) is 4.59. The fraction of sp³-hybridized carbons (Fsp3) is 0.143. The summed E-state index contributed by atoms with van der Waals surface area (Å²) in [5.41, 5.74) is 0. The lowest BCUT2D eigenvalue weighted by Crippen LogP contribution is -1.94. The molecular weight excluding hydrogens is 100 g/mol. The molecule has 0 aliphatic rings. The van der Waals surface area contributed by atoms with Crippen molar-refractivity contribution in [2.24, 2.45) is 0 Å². The van der Waals surface area contributed by atoms with Crippen LogP contribution in [0.2, 0.25) is 0 Å². The fourth-order valence-electron chi connectivity index (χ4n) is 0.203. The Morgan fingerprint density at radius 1 is 1.50 bits per heavy atom. The number of hydrogen-bond donors (Lipinski definition) is 1. The molecule has 0 saturated carbocycles. The van der Waals surface area contributed by atoms with Gasteiger partial charge in [-0.3, -0.25) is 0 Å². The number of aliphatic hydroxyl groups excluding tert-OH is 1. The largest absolute Gasteiger partial charge is 0.377 e. The van der Waals surface area contributed by atoms with Crippen molar-refractivity contribution in [1.82, 2.24) is 0 Å². The van der Waals surface area contributed by atoms with E-state index in [0.717, 1.165) is 0 Å². The number of rotatable bonds is 1. The zero-order valence-corrected chi connectivity index (χ0v) is 4.59. The van der Waals surface area contributed by atoms with E-state index in [2.05, 4.69) is 25.0 Å². The normalized spacial score (nSPS) is 10.6. The summed E-state index contributed by atoms with van der Waals surface area (Å²) >= 11 is 0. The minimum absolute atomic E-state index is 0.715. The summed E-state index contributed by atoms with van der Waals surface area (Å²) in [7, 11) is 0. The molecular formula is C7H8O. The molecule has 0 saturated heterocycles. The Hall–Kier alpha value is -1.00. The molecule has 0 aromatic carbocycles. The van der Waals surface area contributed by atoms with Crippen molar-refractivity contribution in [1.29, 1.82) is 0 Å². The third kappa shape index (κ3) is 3.20. The second-order valence-electron chi connectivity index (χ2n) is 1.17. The molecule has 1 unspecified atom stereocenters. The Balaban J connectivity index is 3.66. The molecule has 1 atom stereocenters. The maximum atomic E-state index is 8.65. The monoisotopic (exact) mass is 108 g/mol. The highest BCUT2D eigenvalue weighted by atomic mass is 16.3. The van der Waals surface area contributed by atoms with Crippen LogP contribution in [0, 0.1) is 11.8 Å². The molecule has 0 amide bonds. The lowest BCUT2D eigenvalue weighted by molar-refractivity contribution is 0.281. The van der Waals surface area contributed by atoms with Gasteiger partial charge >= 0.3 is 0 Å². The summed E-state index contributed by atoms with van der Waals surface area (Å²) in [5, 5.41) is 8.65. The van der Waals surface area contributed by atoms with Crippen molar-refractivity contribution >= 4 is 0 Å². The van der Waals surface area contributed by atoms with E-state index in [9.17, 15) is 0 Å². The standard InChI is InChI=1S/C7H8O/c1-3-5-6-7(8)4-2/h3-4,7-8H,1-2H2. The van der Waals surface area contributed by atoms with Crippen LogP contribution in [0.3, 0.4) is 0 Å². The van der Waals surface area contributed by atoms with E-state index in [1.54, 1.807) is 0 Å². The van der Waals surface area contributed by atoms with E-state index < -0.39 is 6.10 Å². The molecule has 0 aliphatic heterocycles. The van der Waals surface area contributed by atoms with Crippen LogP contribution in [-0.4, -0.2) is 11.2 Å². The fourth-order valence-corrected chi connectivity index (χ4v) is 0.203. The summed E-state index contributed by atoms with van der Waals surface area (Å²) in [5.74, 6) is 4.94. The van der Waals surface area contributed by atoms with Gasteiger partial charge < -0.3 is 5.11 Å². The molecule has 0 radical (unpaired) electrons. The maximum Gasteiger partial charge on any atom is 0.133 e. The molecule has 0 rings (SSSR count). The van der Waals surface area contributed by atoms with Crippen molar-refractivity contribution in [3.05, 3.63) is 25.3 Å². The summed E-state index contributed by atoms with van der Waals surface area (Å²) in [6.07, 6.45) is 2.07. The molecule has 0 bridgehead atoms. The maximum absolute atomic E-state index is 8.65. The Bertz CT molecular complexity index is 136. The van der Waals surface area contributed by atoms with E-state index in [1.807, 2.05) is 0 Å². The average molecular weight is 108 g/mol. The summed E-state index contributed by atoms with van der Waals surface area (Å²) < 4.78 is 0. The van der Waals surface area contributed by atoms with E-state index in [-0.39, 0.29) is 0 Å². The van der Waals surface area contributed by atoms with Gasteiger partial charge in [-0.15, -0.1) is 0 Å². The predicted molar refractivity (Wildman–Crippen MR) is 34.2 cm³/mol. The molecule has 1 N–H and O–H groups in total. The first-order chi connectivity index (χ1) is 3.81. The van der Waals surface area contributed by atoms with Crippen LogP contribution in [0.1, 0.15) is 0 Å². The Labute approximate surface area is 49.3 Å². The molecule has 1 heteroatoms. The highest BCUT2D eigenvalue weighted by molar-refractivity contribution is 5.18. The molecule has 0 heterocycles. The Kier molecular flexibility index (Phi) is 3.65. The first kappa shape index (κ1) is 7.00. The van der Waals surface area contributed by atoms with Gasteiger partial charge in [0.05, 0.1) is 0 Å². The highest BCUT2D eigenvalue weighted by Crippen LogP contribution is 1.76. The van der Waals surface area contributed by atoms with E-state index >= 15 is 0 Å². The smallest absolute Gasteiger partial charge is 0.133 e. The lowest BCUT2D eigenvalue weighted by Gasteiger charge is -1.86. The quantitative estimate of drug-likeness (QED) is 0.387. The van der Waals surface area contributed by atoms with E-state index in [0.29, 0.717) is 0 Å². The van der Waals surface area contributed by atoms with Gasteiger partial charge in [0.15, 0.2) is 0 Å². The third-order valence-corrected chi connectivity index (χ3v) is 0.557. The SMILES string of the molecule is C=CC#CC(O)C=C. The van der Waals surface area contributed by atoms with Crippen molar-refractivity contribution in [3.63, 3.8) is 0 Å². The van der Waals surface area contributed by atoms with Gasteiger partial charge in [-0.2, -0.15) is 0 Å². The number of allylic oxidation sites excluding steroid dienone is 1.